The van der Waals surface area contributed by atoms with Gasteiger partial charge in [-0.3, -0.25) is 9.10 Å². The van der Waals surface area contributed by atoms with E-state index in [2.05, 4.69) is 5.32 Å². The summed E-state index contributed by atoms with van der Waals surface area (Å²) in [4.78, 5) is 12.5. The minimum absolute atomic E-state index is 0.0184. The Balaban J connectivity index is 1.87. The molecule has 0 aliphatic heterocycles. The first-order valence-electron chi connectivity index (χ1n) is 8.39. The summed E-state index contributed by atoms with van der Waals surface area (Å²) >= 11 is 1.22. The molecule has 0 saturated carbocycles. The van der Waals surface area contributed by atoms with Crippen LogP contribution >= 0.6 is 11.3 Å². The first-order valence-corrected chi connectivity index (χ1v) is 10.7. The lowest BCUT2D eigenvalue weighted by atomic mass is 10.2. The number of methoxy groups -OCH3 is 1. The molecule has 1 heterocycles. The molecule has 9 heteroatoms. The number of nitrogens with one attached hydrogen (secondary N) is 1. The van der Waals surface area contributed by atoms with E-state index in [1.807, 2.05) is 6.07 Å². The van der Waals surface area contributed by atoms with Crippen molar-refractivity contribution in [3.8, 4) is 11.8 Å². The molecule has 2 aromatic carbocycles. The summed E-state index contributed by atoms with van der Waals surface area (Å²) in [5.74, 6) is 0.122. The summed E-state index contributed by atoms with van der Waals surface area (Å²) in [5, 5.41) is 13.8. The van der Waals surface area contributed by atoms with Gasteiger partial charge in [0, 0.05) is 12.6 Å². The van der Waals surface area contributed by atoms with E-state index in [9.17, 15) is 13.2 Å². The Kier molecular flexibility index (Phi) is 5.87. The Bertz CT molecular complexity index is 1180. The lowest BCUT2D eigenvalue weighted by Gasteiger charge is -2.20. The van der Waals surface area contributed by atoms with Crippen LogP contribution < -0.4 is 14.4 Å². The quantitative estimate of drug-likeness (QED) is 0.646. The highest BCUT2D eigenvalue weighted by Gasteiger charge is 2.23. The third-order valence-electron chi connectivity index (χ3n) is 4.20. The minimum Gasteiger partial charge on any atom is -0.497 e. The van der Waals surface area contributed by atoms with Crippen molar-refractivity contribution in [2.75, 3.05) is 23.8 Å². The van der Waals surface area contributed by atoms with E-state index in [1.54, 1.807) is 35.7 Å². The number of sulfonamides is 1. The molecule has 1 N–H and O–H groups in total. The highest BCUT2D eigenvalue weighted by Crippen LogP contribution is 2.26. The van der Waals surface area contributed by atoms with Crippen molar-refractivity contribution in [3.63, 3.8) is 0 Å². The highest BCUT2D eigenvalue weighted by molar-refractivity contribution is 7.92. The second-order valence-electron chi connectivity index (χ2n) is 5.93. The maximum atomic E-state index is 13.0. The zero-order valence-corrected chi connectivity index (χ0v) is 17.3. The van der Waals surface area contributed by atoms with Gasteiger partial charge in [0.2, 0.25) is 0 Å². The molecule has 1 aromatic heterocycles. The number of hydrogen-bond acceptors (Lipinski definition) is 6. The second kappa shape index (κ2) is 8.34. The van der Waals surface area contributed by atoms with Crippen molar-refractivity contribution in [2.24, 2.45) is 0 Å². The molecule has 0 atom stereocenters. The lowest BCUT2D eigenvalue weighted by molar-refractivity contribution is 0.102. The molecule has 0 aliphatic carbocycles. The summed E-state index contributed by atoms with van der Waals surface area (Å²) in [6.07, 6.45) is 0. The van der Waals surface area contributed by atoms with Gasteiger partial charge in [-0.2, -0.15) is 5.26 Å². The number of anilines is 2. The monoisotopic (exact) mass is 427 g/mol. The van der Waals surface area contributed by atoms with Crippen LogP contribution in [0, 0.1) is 11.3 Å². The lowest BCUT2D eigenvalue weighted by Crippen LogP contribution is -2.26. The summed E-state index contributed by atoms with van der Waals surface area (Å²) in [7, 11) is -0.911. The SMILES string of the molecule is COc1ccc(N(C)S(=O)(=O)c2cccc(C(=O)Nc3sccc3C#N)c2)cc1. The topological polar surface area (TPSA) is 99.5 Å². The van der Waals surface area contributed by atoms with Crippen LogP contribution in [0.2, 0.25) is 0 Å². The molecule has 0 radical (unpaired) electrons. The smallest absolute Gasteiger partial charge is 0.264 e. The summed E-state index contributed by atoms with van der Waals surface area (Å²) in [5.41, 5.74) is 0.982. The number of hydrogen-bond donors (Lipinski definition) is 1. The van der Waals surface area contributed by atoms with Gasteiger partial charge >= 0.3 is 0 Å². The summed E-state index contributed by atoms with van der Waals surface area (Å²) < 4.78 is 32.2. The van der Waals surface area contributed by atoms with Crippen LogP contribution in [-0.2, 0) is 10.0 Å². The average molecular weight is 428 g/mol. The van der Waals surface area contributed by atoms with Gasteiger partial charge in [-0.1, -0.05) is 6.07 Å². The van der Waals surface area contributed by atoms with E-state index in [0.717, 1.165) is 4.31 Å². The van der Waals surface area contributed by atoms with E-state index in [1.165, 1.54) is 49.8 Å². The van der Waals surface area contributed by atoms with Crippen molar-refractivity contribution in [1.82, 2.24) is 0 Å². The van der Waals surface area contributed by atoms with Gasteiger partial charge < -0.3 is 10.1 Å². The average Bonchev–Trinajstić information content (AvgIpc) is 3.20. The molecule has 0 unspecified atom stereocenters. The first kappa shape index (κ1) is 20.4. The maximum Gasteiger partial charge on any atom is 0.264 e. The minimum atomic E-state index is -3.88. The van der Waals surface area contributed by atoms with Crippen molar-refractivity contribution < 1.29 is 17.9 Å². The second-order valence-corrected chi connectivity index (χ2v) is 8.81. The van der Waals surface area contributed by atoms with Gasteiger partial charge in [-0.15, -0.1) is 11.3 Å². The zero-order valence-electron chi connectivity index (χ0n) is 15.6. The first-order chi connectivity index (χ1) is 13.9. The number of carbonyl (C=O) groups excluding carboxylic acids is 1. The number of ether oxygens (including phenoxy) is 1. The molecular weight excluding hydrogens is 410 g/mol. The van der Waals surface area contributed by atoms with Crippen molar-refractivity contribution >= 4 is 38.0 Å². The largest absolute Gasteiger partial charge is 0.497 e. The predicted octanol–water partition coefficient (Wildman–Crippen LogP) is 3.71. The van der Waals surface area contributed by atoms with E-state index in [-0.39, 0.29) is 10.5 Å². The van der Waals surface area contributed by atoms with Crippen LogP contribution in [-0.4, -0.2) is 28.5 Å². The Morgan fingerprint density at radius 2 is 1.90 bits per heavy atom. The number of thiophene rings is 1. The van der Waals surface area contributed by atoms with Crippen molar-refractivity contribution in [1.29, 1.82) is 5.26 Å². The maximum absolute atomic E-state index is 13.0. The fraction of sp³-hybridized carbons (Fsp3) is 0.100. The fourth-order valence-electron chi connectivity index (χ4n) is 2.56. The van der Waals surface area contributed by atoms with Gasteiger partial charge in [0.25, 0.3) is 15.9 Å². The molecular formula is C20H17N3O4S2. The number of benzene rings is 2. The Morgan fingerprint density at radius 3 is 2.55 bits per heavy atom. The number of amides is 1. The van der Waals surface area contributed by atoms with Crippen LogP contribution in [0.25, 0.3) is 0 Å². The summed E-state index contributed by atoms with van der Waals surface area (Å²) in [6.45, 7) is 0. The van der Waals surface area contributed by atoms with Crippen LogP contribution in [0.4, 0.5) is 10.7 Å². The van der Waals surface area contributed by atoms with Gasteiger partial charge in [0.15, 0.2) is 0 Å². The van der Waals surface area contributed by atoms with E-state index in [4.69, 9.17) is 10.00 Å². The van der Waals surface area contributed by atoms with Crippen molar-refractivity contribution in [2.45, 2.75) is 4.90 Å². The Labute approximate surface area is 172 Å². The van der Waals surface area contributed by atoms with Crippen LogP contribution in [0.3, 0.4) is 0 Å². The molecule has 1 amide bonds. The third kappa shape index (κ3) is 4.23. The van der Waals surface area contributed by atoms with Gasteiger partial charge in [-0.25, -0.2) is 8.42 Å². The van der Waals surface area contributed by atoms with Gasteiger partial charge in [0.05, 0.1) is 23.3 Å². The van der Waals surface area contributed by atoms with E-state index >= 15 is 0 Å². The van der Waals surface area contributed by atoms with Gasteiger partial charge in [-0.05, 0) is 53.9 Å². The number of nitriles is 1. The zero-order chi connectivity index (χ0) is 21.0. The number of carbonyl (C=O) groups is 1. The molecule has 0 bridgehead atoms. The molecule has 29 heavy (non-hydrogen) atoms. The molecule has 0 aliphatic rings. The van der Waals surface area contributed by atoms with E-state index < -0.39 is 15.9 Å². The van der Waals surface area contributed by atoms with Crippen molar-refractivity contribution in [3.05, 3.63) is 71.1 Å². The standard InChI is InChI=1S/C20H17N3O4S2/c1-23(16-6-8-17(27-2)9-7-16)29(25,26)18-5-3-4-14(12-18)19(24)22-20-15(13-21)10-11-28-20/h3-12H,1-2H3,(H,22,24). The fourth-order valence-corrected chi connectivity index (χ4v) is 4.53. The summed E-state index contributed by atoms with van der Waals surface area (Å²) in [6, 6.07) is 15.9. The van der Waals surface area contributed by atoms with Crippen LogP contribution in [0.5, 0.6) is 5.75 Å². The Morgan fingerprint density at radius 1 is 1.17 bits per heavy atom. The number of rotatable bonds is 6. The third-order valence-corrected chi connectivity index (χ3v) is 6.81. The molecule has 3 rings (SSSR count). The highest BCUT2D eigenvalue weighted by atomic mass is 32.2. The molecule has 148 valence electrons. The molecule has 7 nitrogen and oxygen atoms in total. The predicted molar refractivity (Wildman–Crippen MR) is 112 cm³/mol. The molecule has 0 fully saturated rings. The van der Waals surface area contributed by atoms with Crippen LogP contribution in [0.1, 0.15) is 15.9 Å². The van der Waals surface area contributed by atoms with E-state index in [0.29, 0.717) is 22.0 Å². The Hall–Kier alpha value is -3.35. The molecule has 3 aromatic rings. The number of nitrogens with zero attached hydrogens (tertiary/aromatic N) is 2. The van der Waals surface area contributed by atoms with Crippen LogP contribution in [0.15, 0.2) is 64.9 Å². The molecule has 0 saturated heterocycles. The normalized spacial score (nSPS) is 10.8. The van der Waals surface area contributed by atoms with Gasteiger partial charge in [0.1, 0.15) is 16.8 Å². The molecule has 0 spiro atoms.